The molecule has 0 spiro atoms. The Labute approximate surface area is 95.3 Å². The predicted octanol–water partition coefficient (Wildman–Crippen LogP) is -1.58. The molecule has 0 atom stereocenters. The van der Waals surface area contributed by atoms with Gasteiger partial charge in [-0.15, -0.1) is 0 Å². The molecule has 0 unspecified atom stereocenters. The normalized spacial score (nSPS) is 20.1. The van der Waals surface area contributed by atoms with Gasteiger partial charge in [0.25, 0.3) is 10.1 Å². The molecule has 1 fully saturated rings. The smallest absolute Gasteiger partial charge is 0.266 e. The van der Waals surface area contributed by atoms with Crippen molar-refractivity contribution in [3.05, 3.63) is 0 Å². The highest BCUT2D eigenvalue weighted by molar-refractivity contribution is 7.85. The van der Waals surface area contributed by atoms with Gasteiger partial charge in [0.1, 0.15) is 0 Å². The molecule has 0 aromatic heterocycles. The summed E-state index contributed by atoms with van der Waals surface area (Å²) in [6.45, 7) is 3.35. The summed E-state index contributed by atoms with van der Waals surface area (Å²) >= 11 is 0. The van der Waals surface area contributed by atoms with E-state index in [4.69, 9.17) is 14.5 Å². The number of piperazine rings is 1. The van der Waals surface area contributed by atoms with Crippen molar-refractivity contribution >= 4 is 10.1 Å². The topological polar surface area (TPSA) is 90.3 Å². The lowest BCUT2D eigenvalue weighted by Gasteiger charge is -2.33. The first-order valence-corrected chi connectivity index (χ1v) is 6.78. The van der Waals surface area contributed by atoms with E-state index in [0.29, 0.717) is 32.7 Å². The number of hydroxylamine groups is 2. The van der Waals surface area contributed by atoms with E-state index in [9.17, 15) is 8.42 Å². The number of rotatable bonds is 6. The maximum atomic E-state index is 10.5. The molecule has 16 heavy (non-hydrogen) atoms. The van der Waals surface area contributed by atoms with Crippen molar-refractivity contribution in [2.24, 2.45) is 0 Å². The molecule has 7 nitrogen and oxygen atoms in total. The third kappa shape index (κ3) is 5.73. The van der Waals surface area contributed by atoms with Crippen molar-refractivity contribution in [2.45, 2.75) is 0 Å². The fourth-order valence-corrected chi connectivity index (χ4v) is 1.99. The summed E-state index contributed by atoms with van der Waals surface area (Å²) in [5.41, 5.74) is 0. The van der Waals surface area contributed by atoms with Crippen LogP contribution in [0.2, 0.25) is 0 Å². The molecule has 0 saturated carbocycles. The summed E-state index contributed by atoms with van der Waals surface area (Å²) in [5, 5.41) is 10.3. The van der Waals surface area contributed by atoms with Gasteiger partial charge in [-0.3, -0.25) is 14.3 Å². The summed E-state index contributed by atoms with van der Waals surface area (Å²) in [5.74, 6) is -0.232. The molecule has 0 bridgehead atoms. The van der Waals surface area contributed by atoms with Crippen molar-refractivity contribution in [3.8, 4) is 0 Å². The van der Waals surface area contributed by atoms with Gasteiger partial charge in [0, 0.05) is 32.7 Å². The number of hydrogen-bond acceptors (Lipinski definition) is 6. The van der Waals surface area contributed by atoms with Crippen molar-refractivity contribution in [1.29, 1.82) is 0 Å². The highest BCUT2D eigenvalue weighted by Crippen LogP contribution is 2.02. The molecule has 96 valence electrons. The van der Waals surface area contributed by atoms with Gasteiger partial charge in [-0.05, 0) is 0 Å². The molecule has 0 aromatic carbocycles. The number of aliphatic hydroxyl groups excluding tert-OH is 1. The van der Waals surface area contributed by atoms with E-state index in [0.717, 1.165) is 0 Å². The molecule has 0 aliphatic carbocycles. The summed E-state index contributed by atoms with van der Waals surface area (Å²) in [6, 6.07) is 0. The predicted molar refractivity (Wildman–Crippen MR) is 57.5 cm³/mol. The lowest BCUT2D eigenvalue weighted by Crippen LogP contribution is -2.47. The number of aliphatic hydroxyl groups is 1. The van der Waals surface area contributed by atoms with Gasteiger partial charge < -0.3 is 5.11 Å². The van der Waals surface area contributed by atoms with Crippen LogP contribution >= 0.6 is 0 Å². The summed E-state index contributed by atoms with van der Waals surface area (Å²) in [4.78, 5) is 7.17. The first-order chi connectivity index (χ1) is 7.51. The molecule has 1 heterocycles. The van der Waals surface area contributed by atoms with Crippen LogP contribution in [0.5, 0.6) is 0 Å². The third-order valence-corrected chi connectivity index (χ3v) is 3.06. The monoisotopic (exact) mass is 254 g/mol. The van der Waals surface area contributed by atoms with Crippen LogP contribution in [0.15, 0.2) is 0 Å². The van der Waals surface area contributed by atoms with Gasteiger partial charge in [-0.1, -0.05) is 0 Å². The van der Waals surface area contributed by atoms with Crippen LogP contribution < -0.4 is 0 Å². The fraction of sp³-hybridized carbons (Fsp3) is 1.00. The zero-order valence-corrected chi connectivity index (χ0v) is 9.90. The van der Waals surface area contributed by atoms with E-state index >= 15 is 0 Å². The molecule has 1 saturated heterocycles. The van der Waals surface area contributed by atoms with Gasteiger partial charge in [0.05, 0.1) is 19.0 Å². The van der Waals surface area contributed by atoms with Gasteiger partial charge in [-0.25, -0.2) is 0 Å². The second-order valence-electron chi connectivity index (χ2n) is 3.61. The summed E-state index contributed by atoms with van der Waals surface area (Å²) in [7, 11) is -3.87. The zero-order chi connectivity index (χ0) is 12.0. The Morgan fingerprint density at radius 3 is 2.31 bits per heavy atom. The molecule has 1 rings (SSSR count). The van der Waals surface area contributed by atoms with Crippen LogP contribution in [0.1, 0.15) is 0 Å². The van der Waals surface area contributed by atoms with Crippen molar-refractivity contribution < 1.29 is 22.9 Å². The lowest BCUT2D eigenvalue weighted by molar-refractivity contribution is -0.181. The Hall–Kier alpha value is -0.250. The van der Waals surface area contributed by atoms with Crippen LogP contribution in [-0.4, -0.2) is 79.7 Å². The summed E-state index contributed by atoms with van der Waals surface area (Å²) in [6.07, 6.45) is 0. The first-order valence-electron chi connectivity index (χ1n) is 5.17. The van der Waals surface area contributed by atoms with Gasteiger partial charge >= 0.3 is 0 Å². The SMILES string of the molecule is O=S(=O)(O)CCN1CCN(OCCO)CC1. The van der Waals surface area contributed by atoms with Crippen LogP contribution in [0.4, 0.5) is 0 Å². The van der Waals surface area contributed by atoms with Crippen LogP contribution in [-0.2, 0) is 15.0 Å². The lowest BCUT2D eigenvalue weighted by atomic mass is 10.3. The van der Waals surface area contributed by atoms with Gasteiger partial charge in [0.2, 0.25) is 0 Å². The molecule has 0 aromatic rings. The van der Waals surface area contributed by atoms with Crippen LogP contribution in [0.3, 0.4) is 0 Å². The Kier molecular flexibility index (Phi) is 5.59. The van der Waals surface area contributed by atoms with Crippen LogP contribution in [0, 0.1) is 0 Å². The van der Waals surface area contributed by atoms with E-state index in [-0.39, 0.29) is 19.0 Å². The van der Waals surface area contributed by atoms with Crippen LogP contribution in [0.25, 0.3) is 0 Å². The molecule has 2 N–H and O–H groups in total. The van der Waals surface area contributed by atoms with E-state index in [1.807, 2.05) is 4.90 Å². The Morgan fingerprint density at radius 2 is 1.81 bits per heavy atom. The van der Waals surface area contributed by atoms with Gasteiger partial charge in [-0.2, -0.15) is 13.5 Å². The molecule has 1 aliphatic rings. The molecule has 0 radical (unpaired) electrons. The number of nitrogens with zero attached hydrogens (tertiary/aromatic N) is 2. The van der Waals surface area contributed by atoms with Crippen molar-refractivity contribution in [1.82, 2.24) is 9.96 Å². The zero-order valence-electron chi connectivity index (χ0n) is 9.08. The Bertz CT molecular complexity index is 287. The fourth-order valence-electron chi connectivity index (χ4n) is 1.50. The highest BCUT2D eigenvalue weighted by Gasteiger charge is 2.18. The number of hydrogen-bond donors (Lipinski definition) is 2. The highest BCUT2D eigenvalue weighted by atomic mass is 32.2. The third-order valence-electron chi connectivity index (χ3n) is 2.36. The molecule has 1 aliphatic heterocycles. The maximum Gasteiger partial charge on any atom is 0.266 e. The van der Waals surface area contributed by atoms with E-state index in [2.05, 4.69) is 0 Å². The second-order valence-corrected chi connectivity index (χ2v) is 5.19. The molecular formula is C8H18N2O5S. The maximum absolute atomic E-state index is 10.5. The van der Waals surface area contributed by atoms with Gasteiger partial charge in [0.15, 0.2) is 0 Å². The second kappa shape index (κ2) is 6.48. The standard InChI is InChI=1S/C8H18N2O5S/c11-6-7-15-10-3-1-9(2-4-10)5-8-16(12,13)14/h11H,1-8H2,(H,12,13,14). The Morgan fingerprint density at radius 1 is 1.19 bits per heavy atom. The molecular weight excluding hydrogens is 236 g/mol. The largest absolute Gasteiger partial charge is 0.394 e. The van der Waals surface area contributed by atoms with Crippen molar-refractivity contribution in [3.63, 3.8) is 0 Å². The quantitative estimate of drug-likeness (QED) is 0.553. The van der Waals surface area contributed by atoms with E-state index in [1.165, 1.54) is 0 Å². The average Bonchev–Trinajstić information content (AvgIpc) is 2.24. The minimum atomic E-state index is -3.87. The van der Waals surface area contributed by atoms with Crippen molar-refractivity contribution in [2.75, 3.05) is 51.7 Å². The summed E-state index contributed by atoms with van der Waals surface area (Å²) < 4.78 is 29.7. The Balaban J connectivity index is 2.17. The van der Waals surface area contributed by atoms with E-state index < -0.39 is 10.1 Å². The average molecular weight is 254 g/mol. The minimum Gasteiger partial charge on any atom is -0.394 e. The molecule has 8 heteroatoms. The first kappa shape index (κ1) is 13.8. The molecule has 0 amide bonds. The minimum absolute atomic E-state index is 0.0109. The van der Waals surface area contributed by atoms with E-state index in [1.54, 1.807) is 5.06 Å².